The molecule has 0 bridgehead atoms. The Morgan fingerprint density at radius 3 is 1.78 bits per heavy atom. The molecule has 0 aliphatic carbocycles. The summed E-state index contributed by atoms with van der Waals surface area (Å²) in [7, 11) is -2.88. The first-order valence-electron chi connectivity index (χ1n) is 5.16. The first kappa shape index (κ1) is 14.4. The van der Waals surface area contributed by atoms with Crippen LogP contribution >= 0.6 is 10.0 Å². The summed E-state index contributed by atoms with van der Waals surface area (Å²) in [5.41, 5.74) is 0. The molecule has 3 amide bonds. The van der Waals surface area contributed by atoms with Gasteiger partial charge in [-0.2, -0.15) is 0 Å². The smallest absolute Gasteiger partial charge is 0.322 e. The monoisotopic (exact) mass is 274 g/mol. The van der Waals surface area contributed by atoms with Crippen molar-refractivity contribution in [2.24, 2.45) is 0 Å². The number of rotatable bonds is 2. The molecule has 1 fully saturated rings. The standard InChI is InChI=1S/C10H14N2O5S/c1-5(13)18(6(2)14,7(3)15)4-8-9(16)12-10(17)11-8/h8H,4H2,1-3H3,(H2,11,12,16,17). The third-order valence-corrected chi connectivity index (χ3v) is 6.53. The molecule has 7 nitrogen and oxygen atoms in total. The molecule has 0 radical (unpaired) electrons. The Kier molecular flexibility index (Phi) is 3.90. The van der Waals surface area contributed by atoms with E-state index in [2.05, 4.69) is 5.32 Å². The zero-order chi connectivity index (χ0) is 14.1. The summed E-state index contributed by atoms with van der Waals surface area (Å²) in [4.78, 5) is 57.4. The van der Waals surface area contributed by atoms with Crippen LogP contribution in [0.1, 0.15) is 20.8 Å². The van der Waals surface area contributed by atoms with Crippen molar-refractivity contribution < 1.29 is 24.0 Å². The maximum absolute atomic E-state index is 11.7. The van der Waals surface area contributed by atoms with Crippen LogP contribution in [0.25, 0.3) is 0 Å². The minimum atomic E-state index is -2.88. The van der Waals surface area contributed by atoms with Gasteiger partial charge in [-0.3, -0.25) is 24.5 Å². The molecule has 1 aliphatic heterocycles. The van der Waals surface area contributed by atoms with E-state index in [-0.39, 0.29) is 5.75 Å². The number of nitrogens with one attached hydrogen (secondary N) is 2. The van der Waals surface area contributed by atoms with Gasteiger partial charge in [-0.25, -0.2) is 4.79 Å². The Bertz CT molecular complexity index is 423. The largest absolute Gasteiger partial charge is 0.325 e. The second-order valence-electron chi connectivity index (χ2n) is 3.90. The van der Waals surface area contributed by atoms with Crippen molar-refractivity contribution in [2.75, 3.05) is 5.75 Å². The zero-order valence-electron chi connectivity index (χ0n) is 10.2. The minimum absolute atomic E-state index is 0.259. The van der Waals surface area contributed by atoms with Gasteiger partial charge in [0.05, 0.1) is 0 Å². The summed E-state index contributed by atoms with van der Waals surface area (Å²) < 4.78 is 0. The highest BCUT2D eigenvalue weighted by Crippen LogP contribution is 2.50. The van der Waals surface area contributed by atoms with Crippen LogP contribution < -0.4 is 10.6 Å². The SMILES string of the molecule is CC(=O)S(CC1NC(=O)NC1=O)(C(C)=O)C(C)=O. The summed E-state index contributed by atoms with van der Waals surface area (Å²) in [6, 6.07) is -1.70. The van der Waals surface area contributed by atoms with Crippen LogP contribution in [0, 0.1) is 0 Å². The van der Waals surface area contributed by atoms with Crippen LogP contribution in [0.15, 0.2) is 0 Å². The molecule has 0 spiro atoms. The van der Waals surface area contributed by atoms with E-state index in [0.717, 1.165) is 20.8 Å². The molecule has 1 rings (SSSR count). The highest BCUT2D eigenvalue weighted by molar-refractivity contribution is 8.65. The van der Waals surface area contributed by atoms with Gasteiger partial charge in [-0.05, 0) is 0 Å². The molecule has 1 heterocycles. The zero-order valence-corrected chi connectivity index (χ0v) is 11.1. The molecule has 0 aromatic carbocycles. The lowest BCUT2D eigenvalue weighted by molar-refractivity contribution is -0.119. The Morgan fingerprint density at radius 1 is 1.06 bits per heavy atom. The minimum Gasteiger partial charge on any atom is -0.325 e. The number of amides is 3. The molecule has 0 aromatic rings. The van der Waals surface area contributed by atoms with Crippen LogP contribution in [0.4, 0.5) is 4.79 Å². The summed E-state index contributed by atoms with van der Waals surface area (Å²) >= 11 is 0. The van der Waals surface area contributed by atoms with Gasteiger partial charge in [0.25, 0.3) is 5.91 Å². The van der Waals surface area contributed by atoms with Crippen molar-refractivity contribution in [3.05, 3.63) is 0 Å². The van der Waals surface area contributed by atoms with Gasteiger partial charge in [0.15, 0.2) is 15.3 Å². The summed E-state index contributed by atoms with van der Waals surface area (Å²) in [6.45, 7) is 3.48. The fourth-order valence-electron chi connectivity index (χ4n) is 1.79. The average Bonchev–Trinajstić information content (AvgIpc) is 2.51. The highest BCUT2D eigenvalue weighted by atomic mass is 32.3. The van der Waals surface area contributed by atoms with E-state index in [0.29, 0.717) is 0 Å². The third kappa shape index (κ3) is 2.28. The molecule has 8 heteroatoms. The fourth-order valence-corrected chi connectivity index (χ4v) is 4.44. The van der Waals surface area contributed by atoms with Crippen LogP contribution in [-0.2, 0) is 19.2 Å². The Balaban J connectivity index is 3.10. The van der Waals surface area contributed by atoms with Gasteiger partial charge in [0.1, 0.15) is 6.04 Å². The highest BCUT2D eigenvalue weighted by Gasteiger charge is 2.45. The normalized spacial score (nSPS) is 20.1. The Labute approximate surface area is 105 Å². The quantitative estimate of drug-likeness (QED) is 0.668. The van der Waals surface area contributed by atoms with E-state index in [1.807, 2.05) is 5.32 Å². The lowest BCUT2D eigenvalue weighted by atomic mass is 10.3. The summed E-state index contributed by atoms with van der Waals surface area (Å²) in [5, 5.41) is 2.65. The van der Waals surface area contributed by atoms with Crippen molar-refractivity contribution in [2.45, 2.75) is 26.8 Å². The van der Waals surface area contributed by atoms with Gasteiger partial charge in [-0.1, -0.05) is 10.0 Å². The third-order valence-electron chi connectivity index (χ3n) is 2.75. The van der Waals surface area contributed by atoms with E-state index in [1.165, 1.54) is 0 Å². The van der Waals surface area contributed by atoms with Crippen molar-refractivity contribution in [3.8, 4) is 0 Å². The van der Waals surface area contributed by atoms with E-state index >= 15 is 0 Å². The van der Waals surface area contributed by atoms with Crippen molar-refractivity contribution in [1.29, 1.82) is 0 Å². The first-order valence-corrected chi connectivity index (χ1v) is 6.96. The van der Waals surface area contributed by atoms with Crippen LogP contribution in [0.2, 0.25) is 0 Å². The van der Waals surface area contributed by atoms with Gasteiger partial charge >= 0.3 is 6.03 Å². The number of hydrogen-bond donors (Lipinski definition) is 2. The second-order valence-corrected chi connectivity index (χ2v) is 7.43. The van der Waals surface area contributed by atoms with E-state index in [9.17, 15) is 24.0 Å². The Hall–Kier alpha value is -1.70. The number of carbonyl (C=O) groups excluding carboxylic acids is 5. The van der Waals surface area contributed by atoms with Gasteiger partial charge in [-0.15, -0.1) is 0 Å². The molecule has 0 aromatic heterocycles. The first-order chi connectivity index (χ1) is 8.21. The number of urea groups is 1. The molecular formula is C10H14N2O5S. The lowest BCUT2D eigenvalue weighted by Crippen LogP contribution is -2.40. The molecule has 1 aliphatic rings. The van der Waals surface area contributed by atoms with Crippen LogP contribution in [0.5, 0.6) is 0 Å². The number of imide groups is 1. The maximum Gasteiger partial charge on any atom is 0.322 e. The van der Waals surface area contributed by atoms with E-state index < -0.39 is 43.4 Å². The number of hydrogen-bond acceptors (Lipinski definition) is 5. The maximum atomic E-state index is 11.7. The second kappa shape index (κ2) is 4.89. The number of carbonyl (C=O) groups is 5. The van der Waals surface area contributed by atoms with Crippen molar-refractivity contribution in [1.82, 2.24) is 10.6 Å². The summed E-state index contributed by atoms with van der Waals surface area (Å²) in [6.07, 6.45) is 0. The molecule has 1 unspecified atom stereocenters. The topological polar surface area (TPSA) is 109 Å². The van der Waals surface area contributed by atoms with Gasteiger partial charge in [0.2, 0.25) is 0 Å². The molecule has 2 N–H and O–H groups in total. The fraction of sp³-hybridized carbons (Fsp3) is 0.500. The van der Waals surface area contributed by atoms with Crippen LogP contribution in [-0.4, -0.2) is 39.1 Å². The molecular weight excluding hydrogens is 260 g/mol. The lowest BCUT2D eigenvalue weighted by Gasteiger charge is -2.32. The molecule has 1 atom stereocenters. The van der Waals surface area contributed by atoms with Crippen LogP contribution in [0.3, 0.4) is 0 Å². The average molecular weight is 274 g/mol. The van der Waals surface area contributed by atoms with E-state index in [1.54, 1.807) is 0 Å². The molecule has 18 heavy (non-hydrogen) atoms. The van der Waals surface area contributed by atoms with Crippen molar-refractivity contribution in [3.63, 3.8) is 0 Å². The van der Waals surface area contributed by atoms with Gasteiger partial charge in [0, 0.05) is 26.5 Å². The summed E-state index contributed by atoms with van der Waals surface area (Å²) in [5.74, 6) is -0.884. The molecule has 100 valence electrons. The predicted octanol–water partition coefficient (Wildman–Crippen LogP) is -0.361. The Morgan fingerprint density at radius 2 is 1.50 bits per heavy atom. The predicted molar refractivity (Wildman–Crippen MR) is 65.0 cm³/mol. The molecule has 0 saturated carbocycles. The molecule has 1 saturated heterocycles. The van der Waals surface area contributed by atoms with E-state index in [4.69, 9.17) is 0 Å². The van der Waals surface area contributed by atoms with Crippen molar-refractivity contribution >= 4 is 37.3 Å². The van der Waals surface area contributed by atoms with Gasteiger partial charge < -0.3 is 5.32 Å².